The van der Waals surface area contributed by atoms with Gasteiger partial charge >= 0.3 is 0 Å². The minimum absolute atomic E-state index is 0.404. The Morgan fingerprint density at radius 1 is 1.50 bits per heavy atom. The van der Waals surface area contributed by atoms with Gasteiger partial charge in [-0.1, -0.05) is 0 Å². The van der Waals surface area contributed by atoms with E-state index in [9.17, 15) is 0 Å². The molecule has 0 spiro atoms. The molecule has 76 valence electrons. The van der Waals surface area contributed by atoms with Crippen LogP contribution < -0.4 is 9.47 Å². The highest BCUT2D eigenvalue weighted by Gasteiger charge is 2.23. The molecule has 1 heterocycles. The van der Waals surface area contributed by atoms with Crippen LogP contribution in [-0.4, -0.2) is 24.5 Å². The number of aromatic nitrogens is 1. The van der Waals surface area contributed by atoms with E-state index in [0.717, 1.165) is 29.4 Å². The Labute approximate surface area is 87.8 Å². The normalized spacial score (nSPS) is 15.3. The van der Waals surface area contributed by atoms with Crippen molar-refractivity contribution in [3.05, 3.63) is 12.3 Å². The van der Waals surface area contributed by atoms with Crippen LogP contribution in [-0.2, 0) is 0 Å². The maximum Gasteiger partial charge on any atom is 0.154 e. The molecule has 1 aliphatic carbocycles. The lowest BCUT2D eigenvalue weighted by molar-refractivity contribution is 0.298. The molecule has 1 fully saturated rings. The quantitative estimate of drug-likeness (QED) is 0.715. The number of hydrogen-bond donors (Lipinski definition) is 0. The van der Waals surface area contributed by atoms with E-state index < -0.39 is 0 Å². The molecular weight excluding hydrogens is 198 g/mol. The monoisotopic (exact) mass is 211 g/mol. The van der Waals surface area contributed by atoms with Gasteiger partial charge in [-0.2, -0.15) is 0 Å². The first-order valence-corrected chi connectivity index (χ1v) is 5.80. The molecule has 0 saturated heterocycles. The van der Waals surface area contributed by atoms with Crippen LogP contribution in [0.4, 0.5) is 0 Å². The second kappa shape index (κ2) is 4.09. The number of methoxy groups -OCH3 is 1. The molecule has 0 radical (unpaired) electrons. The smallest absolute Gasteiger partial charge is 0.154 e. The lowest BCUT2D eigenvalue weighted by Crippen LogP contribution is -1.98. The Balaban J connectivity index is 2.16. The Morgan fingerprint density at radius 2 is 2.29 bits per heavy atom. The third-order valence-electron chi connectivity index (χ3n) is 2.03. The average Bonchev–Trinajstić information content (AvgIpc) is 3.01. The van der Waals surface area contributed by atoms with E-state index in [4.69, 9.17) is 9.47 Å². The fourth-order valence-electron chi connectivity index (χ4n) is 1.16. The van der Waals surface area contributed by atoms with Gasteiger partial charge in [-0.25, -0.2) is 4.98 Å². The molecule has 3 nitrogen and oxygen atoms in total. The molecule has 1 aliphatic rings. The first-order valence-electron chi connectivity index (χ1n) is 4.58. The Morgan fingerprint density at radius 3 is 2.86 bits per heavy atom. The topological polar surface area (TPSA) is 31.4 Å². The van der Waals surface area contributed by atoms with E-state index in [1.54, 1.807) is 25.1 Å². The number of pyridine rings is 1. The van der Waals surface area contributed by atoms with Crippen molar-refractivity contribution in [2.24, 2.45) is 0 Å². The number of thioether (sulfide) groups is 1. The van der Waals surface area contributed by atoms with Crippen LogP contribution in [0.15, 0.2) is 17.3 Å². The number of hydrogen-bond acceptors (Lipinski definition) is 4. The Bertz CT molecular complexity index is 326. The number of ether oxygens (including phenoxy) is 2. The fourth-order valence-corrected chi connectivity index (χ4v) is 1.66. The van der Waals surface area contributed by atoms with Crippen LogP contribution in [0.2, 0.25) is 0 Å². The van der Waals surface area contributed by atoms with Gasteiger partial charge in [0.15, 0.2) is 5.75 Å². The van der Waals surface area contributed by atoms with E-state index in [-0.39, 0.29) is 0 Å². The molecule has 1 aromatic rings. The first kappa shape index (κ1) is 9.65. The predicted octanol–water partition coefficient (Wildman–Crippen LogP) is 2.35. The van der Waals surface area contributed by atoms with Crippen LogP contribution in [0.25, 0.3) is 0 Å². The third kappa shape index (κ3) is 2.12. The molecule has 1 saturated carbocycles. The average molecular weight is 211 g/mol. The van der Waals surface area contributed by atoms with E-state index in [2.05, 4.69) is 4.98 Å². The molecule has 0 aliphatic heterocycles. The van der Waals surface area contributed by atoms with Crippen molar-refractivity contribution < 1.29 is 9.47 Å². The summed E-state index contributed by atoms with van der Waals surface area (Å²) in [6.45, 7) is 0. The van der Waals surface area contributed by atoms with Crippen LogP contribution in [0.1, 0.15) is 12.8 Å². The van der Waals surface area contributed by atoms with Crippen molar-refractivity contribution in [1.29, 1.82) is 0 Å². The molecule has 1 aromatic heterocycles. The fraction of sp³-hybridized carbons (Fsp3) is 0.500. The number of rotatable bonds is 4. The van der Waals surface area contributed by atoms with Crippen molar-refractivity contribution in [3.8, 4) is 11.5 Å². The molecular formula is C10H13NO2S. The number of nitrogens with zero attached hydrogens (tertiary/aromatic N) is 1. The van der Waals surface area contributed by atoms with Crippen molar-refractivity contribution in [2.75, 3.05) is 13.4 Å². The first-order chi connectivity index (χ1) is 6.83. The molecule has 0 amide bonds. The summed E-state index contributed by atoms with van der Waals surface area (Å²) in [7, 11) is 1.65. The summed E-state index contributed by atoms with van der Waals surface area (Å²) in [6, 6.07) is 1.90. The second-order valence-corrected chi connectivity index (χ2v) is 3.99. The maximum absolute atomic E-state index is 5.62. The third-order valence-corrected chi connectivity index (χ3v) is 2.73. The largest absolute Gasteiger partial charge is 0.494 e. The van der Waals surface area contributed by atoms with Crippen LogP contribution >= 0.6 is 11.8 Å². The second-order valence-electron chi connectivity index (χ2n) is 3.20. The summed E-state index contributed by atoms with van der Waals surface area (Å²) < 4.78 is 10.8. The van der Waals surface area contributed by atoms with Gasteiger partial charge in [0, 0.05) is 6.07 Å². The summed E-state index contributed by atoms with van der Waals surface area (Å²) in [6.07, 6.45) is 6.46. The van der Waals surface area contributed by atoms with Gasteiger partial charge in [-0.3, -0.25) is 0 Å². The minimum atomic E-state index is 0.404. The molecule has 14 heavy (non-hydrogen) atoms. The van der Waals surface area contributed by atoms with E-state index >= 15 is 0 Å². The van der Waals surface area contributed by atoms with E-state index in [1.807, 2.05) is 12.3 Å². The van der Waals surface area contributed by atoms with Gasteiger partial charge in [-0.15, -0.1) is 11.8 Å². The zero-order chi connectivity index (χ0) is 9.97. The standard InChI is InChI=1S/C10H13NO2S/c1-12-9-5-8(13-7-3-4-7)6-11-10(9)14-2/h5-7H,3-4H2,1-2H3. The van der Waals surface area contributed by atoms with Gasteiger partial charge < -0.3 is 9.47 Å². The summed E-state index contributed by atoms with van der Waals surface area (Å²) in [5.41, 5.74) is 0. The zero-order valence-corrected chi connectivity index (χ0v) is 9.13. The summed E-state index contributed by atoms with van der Waals surface area (Å²) >= 11 is 1.57. The zero-order valence-electron chi connectivity index (χ0n) is 8.32. The predicted molar refractivity (Wildman–Crippen MR) is 56.2 cm³/mol. The molecule has 0 N–H and O–H groups in total. The molecule has 0 bridgehead atoms. The Hall–Kier alpha value is -0.900. The van der Waals surface area contributed by atoms with Gasteiger partial charge in [-0.05, 0) is 19.1 Å². The lowest BCUT2D eigenvalue weighted by atomic mass is 10.4. The van der Waals surface area contributed by atoms with Crippen molar-refractivity contribution >= 4 is 11.8 Å². The van der Waals surface area contributed by atoms with Gasteiger partial charge in [0.25, 0.3) is 0 Å². The van der Waals surface area contributed by atoms with Gasteiger partial charge in [0.2, 0.25) is 0 Å². The summed E-state index contributed by atoms with van der Waals surface area (Å²) in [4.78, 5) is 4.26. The molecule has 0 unspecified atom stereocenters. The highest BCUT2D eigenvalue weighted by atomic mass is 32.2. The lowest BCUT2D eigenvalue weighted by Gasteiger charge is -2.08. The minimum Gasteiger partial charge on any atom is -0.494 e. The van der Waals surface area contributed by atoms with Crippen molar-refractivity contribution in [2.45, 2.75) is 24.0 Å². The summed E-state index contributed by atoms with van der Waals surface area (Å²) in [5.74, 6) is 1.60. The van der Waals surface area contributed by atoms with Crippen LogP contribution in [0.5, 0.6) is 11.5 Å². The summed E-state index contributed by atoms with van der Waals surface area (Å²) in [5, 5.41) is 0.899. The van der Waals surface area contributed by atoms with Crippen LogP contribution in [0, 0.1) is 0 Å². The molecule has 2 rings (SSSR count). The molecule has 0 atom stereocenters. The highest BCUT2D eigenvalue weighted by molar-refractivity contribution is 7.98. The maximum atomic E-state index is 5.62. The molecule has 0 aromatic carbocycles. The van der Waals surface area contributed by atoms with Crippen molar-refractivity contribution in [1.82, 2.24) is 4.98 Å². The van der Waals surface area contributed by atoms with Crippen molar-refractivity contribution in [3.63, 3.8) is 0 Å². The van der Waals surface area contributed by atoms with Gasteiger partial charge in [0.05, 0.1) is 19.4 Å². The van der Waals surface area contributed by atoms with Crippen LogP contribution in [0.3, 0.4) is 0 Å². The SMILES string of the molecule is COc1cc(OC2CC2)cnc1SC. The van der Waals surface area contributed by atoms with E-state index in [0.29, 0.717) is 6.10 Å². The molecule has 4 heteroatoms. The van der Waals surface area contributed by atoms with Gasteiger partial charge in [0.1, 0.15) is 10.8 Å². The van der Waals surface area contributed by atoms with E-state index in [1.165, 1.54) is 0 Å². The Kier molecular flexibility index (Phi) is 2.82. The highest BCUT2D eigenvalue weighted by Crippen LogP contribution is 2.32.